The molecule has 3 heteroatoms. The van der Waals surface area contributed by atoms with Crippen molar-refractivity contribution in [2.45, 2.75) is 122 Å². The van der Waals surface area contributed by atoms with Crippen molar-refractivity contribution in [3.8, 4) is 0 Å². The first-order valence-corrected chi connectivity index (χ1v) is 11.3. The van der Waals surface area contributed by atoms with Crippen LogP contribution in [0.4, 0.5) is 0 Å². The third-order valence-corrected chi connectivity index (χ3v) is 5.31. The van der Waals surface area contributed by atoms with Crippen molar-refractivity contribution in [3.05, 3.63) is 0 Å². The Morgan fingerprint density at radius 3 is 1.72 bits per heavy atom. The van der Waals surface area contributed by atoms with E-state index in [4.69, 9.17) is 0 Å². The second kappa shape index (κ2) is 16.9. The maximum Gasteiger partial charge on any atom is 0.0990 e. The van der Waals surface area contributed by atoms with Crippen molar-refractivity contribution in [1.82, 2.24) is 5.32 Å². The third-order valence-electron chi connectivity index (χ3n) is 5.31. The van der Waals surface area contributed by atoms with Crippen LogP contribution in [-0.4, -0.2) is 30.1 Å². The van der Waals surface area contributed by atoms with Gasteiger partial charge in [0.1, 0.15) is 0 Å². The summed E-state index contributed by atoms with van der Waals surface area (Å²) in [7, 11) is 0. The SMILES string of the molecule is CCCCCCCCCCCCCCCCCC(O)CC1=NCCN1. The van der Waals surface area contributed by atoms with Gasteiger partial charge < -0.3 is 10.4 Å². The largest absolute Gasteiger partial charge is 0.393 e. The molecular formula is C22H44N2O. The lowest BCUT2D eigenvalue weighted by atomic mass is 10.0. The van der Waals surface area contributed by atoms with Crippen molar-refractivity contribution < 1.29 is 5.11 Å². The maximum absolute atomic E-state index is 9.99. The molecule has 148 valence electrons. The van der Waals surface area contributed by atoms with Crippen molar-refractivity contribution in [1.29, 1.82) is 0 Å². The monoisotopic (exact) mass is 352 g/mol. The van der Waals surface area contributed by atoms with Crippen molar-refractivity contribution in [3.63, 3.8) is 0 Å². The molecule has 1 unspecified atom stereocenters. The highest BCUT2D eigenvalue weighted by atomic mass is 16.3. The summed E-state index contributed by atoms with van der Waals surface area (Å²) in [5, 5.41) is 13.2. The average molecular weight is 353 g/mol. The van der Waals surface area contributed by atoms with Crippen LogP contribution in [0, 0.1) is 0 Å². The smallest absolute Gasteiger partial charge is 0.0990 e. The fourth-order valence-corrected chi connectivity index (χ4v) is 3.66. The maximum atomic E-state index is 9.99. The summed E-state index contributed by atoms with van der Waals surface area (Å²) in [6.45, 7) is 4.11. The third kappa shape index (κ3) is 14.3. The van der Waals surface area contributed by atoms with E-state index in [1.54, 1.807) is 0 Å². The van der Waals surface area contributed by atoms with Gasteiger partial charge in [0.2, 0.25) is 0 Å². The second-order valence-electron chi connectivity index (χ2n) is 7.85. The molecule has 0 aromatic carbocycles. The van der Waals surface area contributed by atoms with Crippen LogP contribution in [0.3, 0.4) is 0 Å². The van der Waals surface area contributed by atoms with Gasteiger partial charge in [0.05, 0.1) is 18.5 Å². The lowest BCUT2D eigenvalue weighted by Gasteiger charge is -2.10. The zero-order valence-electron chi connectivity index (χ0n) is 16.9. The average Bonchev–Trinajstić information content (AvgIpc) is 3.11. The van der Waals surface area contributed by atoms with E-state index in [2.05, 4.69) is 17.2 Å². The van der Waals surface area contributed by atoms with Crippen molar-refractivity contribution in [2.24, 2.45) is 4.99 Å². The molecule has 0 fully saturated rings. The van der Waals surface area contributed by atoms with E-state index in [-0.39, 0.29) is 6.10 Å². The van der Waals surface area contributed by atoms with Gasteiger partial charge in [-0.1, -0.05) is 103 Å². The molecule has 1 aliphatic heterocycles. The standard InChI is InChI=1S/C22H44N2O/c1-2-3-4-5-6-7-8-9-10-11-12-13-14-15-16-17-21(25)20-22-23-18-19-24-22/h21,25H,2-20H2,1H3,(H,23,24). The van der Waals surface area contributed by atoms with Crippen molar-refractivity contribution in [2.75, 3.05) is 13.1 Å². The number of hydrogen-bond donors (Lipinski definition) is 2. The molecule has 0 saturated carbocycles. The van der Waals surface area contributed by atoms with Crippen LogP contribution in [0.25, 0.3) is 0 Å². The van der Waals surface area contributed by atoms with Crippen molar-refractivity contribution >= 4 is 5.84 Å². The number of aliphatic hydroxyl groups is 1. The molecule has 0 radical (unpaired) electrons. The lowest BCUT2D eigenvalue weighted by molar-refractivity contribution is 0.167. The highest BCUT2D eigenvalue weighted by molar-refractivity contribution is 5.83. The van der Waals surface area contributed by atoms with Crippen LogP contribution in [0.2, 0.25) is 0 Å². The van der Waals surface area contributed by atoms with Gasteiger partial charge in [0.25, 0.3) is 0 Å². The number of hydrogen-bond acceptors (Lipinski definition) is 3. The molecule has 0 aromatic rings. The molecule has 3 nitrogen and oxygen atoms in total. The zero-order chi connectivity index (χ0) is 18.0. The number of aliphatic imine (C=N–C) groups is 1. The zero-order valence-corrected chi connectivity index (χ0v) is 16.9. The molecule has 25 heavy (non-hydrogen) atoms. The van der Waals surface area contributed by atoms with Gasteiger partial charge in [-0.05, 0) is 6.42 Å². The molecule has 0 aliphatic carbocycles. The Labute approximate surface area is 157 Å². The van der Waals surface area contributed by atoms with Crippen LogP contribution >= 0.6 is 0 Å². The summed E-state index contributed by atoms with van der Waals surface area (Å²) in [6.07, 6.45) is 22.3. The Balaban J connectivity index is 1.71. The summed E-state index contributed by atoms with van der Waals surface area (Å²) in [6, 6.07) is 0. The number of rotatable bonds is 18. The Kier molecular flexibility index (Phi) is 15.2. The molecule has 1 atom stereocenters. The molecule has 1 rings (SSSR count). The first kappa shape index (κ1) is 22.5. The van der Waals surface area contributed by atoms with E-state index >= 15 is 0 Å². The van der Waals surface area contributed by atoms with Gasteiger partial charge in [0, 0.05) is 13.0 Å². The van der Waals surface area contributed by atoms with Crippen LogP contribution < -0.4 is 5.32 Å². The molecule has 0 saturated heterocycles. The lowest BCUT2D eigenvalue weighted by Crippen LogP contribution is -2.23. The molecule has 0 spiro atoms. The molecular weight excluding hydrogens is 308 g/mol. The number of amidine groups is 1. The minimum atomic E-state index is -0.202. The van der Waals surface area contributed by atoms with E-state index in [0.29, 0.717) is 0 Å². The minimum absolute atomic E-state index is 0.202. The normalized spacial score (nSPS) is 15.2. The van der Waals surface area contributed by atoms with Crippen LogP contribution in [0.1, 0.15) is 116 Å². The highest BCUT2D eigenvalue weighted by Crippen LogP contribution is 2.14. The fraction of sp³-hybridized carbons (Fsp3) is 0.955. The number of nitrogens with zero attached hydrogens (tertiary/aromatic N) is 1. The summed E-state index contributed by atoms with van der Waals surface area (Å²) in [4.78, 5) is 4.34. The first-order chi connectivity index (χ1) is 12.3. The van der Waals surface area contributed by atoms with Crippen LogP contribution in [-0.2, 0) is 0 Å². The minimum Gasteiger partial charge on any atom is -0.393 e. The second-order valence-corrected chi connectivity index (χ2v) is 7.85. The molecule has 0 amide bonds. The predicted molar refractivity (Wildman–Crippen MR) is 110 cm³/mol. The summed E-state index contributed by atoms with van der Waals surface area (Å²) >= 11 is 0. The van der Waals surface area contributed by atoms with Gasteiger partial charge in [-0.2, -0.15) is 0 Å². The summed E-state index contributed by atoms with van der Waals surface area (Å²) in [5.41, 5.74) is 0. The first-order valence-electron chi connectivity index (χ1n) is 11.3. The number of unbranched alkanes of at least 4 members (excludes halogenated alkanes) is 14. The van der Waals surface area contributed by atoms with Gasteiger partial charge in [-0.25, -0.2) is 0 Å². The molecule has 0 aromatic heterocycles. The van der Waals surface area contributed by atoms with Gasteiger partial charge >= 0.3 is 0 Å². The van der Waals surface area contributed by atoms with Gasteiger partial charge in [-0.15, -0.1) is 0 Å². The molecule has 1 aliphatic rings. The molecule has 0 bridgehead atoms. The van der Waals surface area contributed by atoms with E-state index in [0.717, 1.165) is 38.2 Å². The topological polar surface area (TPSA) is 44.6 Å². The predicted octanol–water partition coefficient (Wildman–Crippen LogP) is 6.00. The Bertz CT molecular complexity index is 317. The molecule has 1 heterocycles. The van der Waals surface area contributed by atoms with Gasteiger partial charge in [-0.3, -0.25) is 4.99 Å². The van der Waals surface area contributed by atoms with Crippen LogP contribution in [0.15, 0.2) is 4.99 Å². The number of nitrogens with one attached hydrogen (secondary N) is 1. The highest BCUT2D eigenvalue weighted by Gasteiger charge is 2.11. The quantitative estimate of drug-likeness (QED) is 0.297. The van der Waals surface area contributed by atoms with Crippen LogP contribution in [0.5, 0.6) is 0 Å². The van der Waals surface area contributed by atoms with E-state index in [1.807, 2.05) is 0 Å². The van der Waals surface area contributed by atoms with E-state index in [9.17, 15) is 5.11 Å². The Hall–Kier alpha value is -0.570. The Morgan fingerprint density at radius 2 is 1.28 bits per heavy atom. The number of aliphatic hydroxyl groups excluding tert-OH is 1. The van der Waals surface area contributed by atoms with E-state index < -0.39 is 0 Å². The molecule has 2 N–H and O–H groups in total. The van der Waals surface area contributed by atoms with Gasteiger partial charge in [0.15, 0.2) is 0 Å². The summed E-state index contributed by atoms with van der Waals surface area (Å²) in [5.74, 6) is 1.01. The fourth-order valence-electron chi connectivity index (χ4n) is 3.66. The van der Waals surface area contributed by atoms with E-state index in [1.165, 1.54) is 89.9 Å². The Morgan fingerprint density at radius 1 is 0.800 bits per heavy atom. The summed E-state index contributed by atoms with van der Waals surface area (Å²) < 4.78 is 0.